The van der Waals surface area contributed by atoms with Crippen LogP contribution in [0.5, 0.6) is 6.01 Å². The molecule has 3 aromatic rings. The van der Waals surface area contributed by atoms with Gasteiger partial charge in [0.2, 0.25) is 5.91 Å². The Balaban J connectivity index is 1.50. The van der Waals surface area contributed by atoms with Crippen LogP contribution in [-0.4, -0.2) is 60.8 Å². The summed E-state index contributed by atoms with van der Waals surface area (Å²) < 4.78 is 11.3. The third-order valence-electron chi connectivity index (χ3n) is 5.49. The molecule has 0 N–H and O–H groups in total. The lowest BCUT2D eigenvalue weighted by Crippen LogP contribution is -2.37. The summed E-state index contributed by atoms with van der Waals surface area (Å²) in [5.74, 6) is 0.703. The van der Waals surface area contributed by atoms with Gasteiger partial charge in [0.25, 0.3) is 0 Å². The fourth-order valence-corrected chi connectivity index (χ4v) is 3.62. The standard InChI is InChI=1S/C25H29N5O3/c1-19-6-5-8-22(16-19)29(2)24(31)18-21-17-23(30-11-14-32-15-12-30)28-25(27-21)33-13-9-20-7-3-4-10-26-20/h3-8,10,16-17H,9,11-15,18H2,1-2H3. The van der Waals surface area contributed by atoms with Crippen LogP contribution in [-0.2, 0) is 22.4 Å². The number of carbonyl (C=O) groups excluding carboxylic acids is 1. The highest BCUT2D eigenvalue weighted by atomic mass is 16.5. The van der Waals surface area contributed by atoms with E-state index < -0.39 is 0 Å². The molecule has 0 unspecified atom stereocenters. The maximum absolute atomic E-state index is 13.0. The maximum atomic E-state index is 13.0. The van der Waals surface area contributed by atoms with Crippen molar-refractivity contribution in [1.29, 1.82) is 0 Å². The number of rotatable bonds is 8. The van der Waals surface area contributed by atoms with Crippen molar-refractivity contribution >= 4 is 17.4 Å². The highest BCUT2D eigenvalue weighted by Gasteiger charge is 2.19. The first-order valence-corrected chi connectivity index (χ1v) is 11.1. The number of carbonyl (C=O) groups is 1. The fraction of sp³-hybridized carbons (Fsp3) is 0.360. The minimum atomic E-state index is -0.0494. The fourth-order valence-electron chi connectivity index (χ4n) is 3.62. The van der Waals surface area contributed by atoms with Crippen LogP contribution in [0.4, 0.5) is 11.5 Å². The van der Waals surface area contributed by atoms with Gasteiger partial charge in [-0.05, 0) is 36.8 Å². The van der Waals surface area contributed by atoms with Crippen molar-refractivity contribution in [2.75, 3.05) is 49.8 Å². The molecular formula is C25H29N5O3. The van der Waals surface area contributed by atoms with E-state index in [1.165, 1.54) is 0 Å². The Labute approximate surface area is 194 Å². The van der Waals surface area contributed by atoms with Crippen LogP contribution in [0.3, 0.4) is 0 Å². The smallest absolute Gasteiger partial charge is 0.318 e. The van der Waals surface area contributed by atoms with Crippen molar-refractivity contribution in [2.24, 2.45) is 0 Å². The highest BCUT2D eigenvalue weighted by Crippen LogP contribution is 2.20. The van der Waals surface area contributed by atoms with Gasteiger partial charge in [0.1, 0.15) is 5.82 Å². The summed E-state index contributed by atoms with van der Waals surface area (Å²) in [5, 5.41) is 0. The molecule has 1 fully saturated rings. The topological polar surface area (TPSA) is 80.7 Å². The lowest BCUT2D eigenvalue weighted by Gasteiger charge is -2.28. The molecular weight excluding hydrogens is 418 g/mol. The Morgan fingerprint density at radius 3 is 2.70 bits per heavy atom. The van der Waals surface area contributed by atoms with E-state index in [-0.39, 0.29) is 18.3 Å². The number of morpholine rings is 1. The van der Waals surface area contributed by atoms with E-state index in [2.05, 4.69) is 19.9 Å². The molecule has 1 amide bonds. The average molecular weight is 448 g/mol. The van der Waals surface area contributed by atoms with Crippen LogP contribution in [0, 0.1) is 6.92 Å². The first-order chi connectivity index (χ1) is 16.1. The van der Waals surface area contributed by atoms with Crippen LogP contribution in [0.15, 0.2) is 54.7 Å². The molecule has 1 aliphatic rings. The summed E-state index contributed by atoms with van der Waals surface area (Å²) in [4.78, 5) is 30.3. The maximum Gasteiger partial charge on any atom is 0.318 e. The Morgan fingerprint density at radius 1 is 1.09 bits per heavy atom. The van der Waals surface area contributed by atoms with Gasteiger partial charge >= 0.3 is 6.01 Å². The molecule has 2 aromatic heterocycles. The molecule has 0 aliphatic carbocycles. The molecule has 1 aliphatic heterocycles. The summed E-state index contributed by atoms with van der Waals surface area (Å²) >= 11 is 0. The van der Waals surface area contributed by atoms with Crippen molar-refractivity contribution in [1.82, 2.24) is 15.0 Å². The van der Waals surface area contributed by atoms with Gasteiger partial charge in [-0.1, -0.05) is 18.2 Å². The van der Waals surface area contributed by atoms with Crippen LogP contribution in [0.25, 0.3) is 0 Å². The molecule has 4 rings (SSSR count). The van der Waals surface area contributed by atoms with Crippen molar-refractivity contribution in [2.45, 2.75) is 19.8 Å². The van der Waals surface area contributed by atoms with Gasteiger partial charge in [-0.25, -0.2) is 0 Å². The summed E-state index contributed by atoms with van der Waals surface area (Å²) in [6, 6.07) is 15.8. The molecule has 1 aromatic carbocycles. The molecule has 0 spiro atoms. The van der Waals surface area contributed by atoms with E-state index in [4.69, 9.17) is 9.47 Å². The van der Waals surface area contributed by atoms with Crippen LogP contribution in [0.1, 0.15) is 17.0 Å². The van der Waals surface area contributed by atoms with E-state index in [0.29, 0.717) is 31.9 Å². The van der Waals surface area contributed by atoms with Gasteiger partial charge in [0, 0.05) is 50.2 Å². The molecule has 8 nitrogen and oxygen atoms in total. The highest BCUT2D eigenvalue weighted by molar-refractivity contribution is 5.94. The largest absolute Gasteiger partial charge is 0.463 e. The van der Waals surface area contributed by atoms with Gasteiger partial charge in [0.05, 0.1) is 31.9 Å². The van der Waals surface area contributed by atoms with Crippen LogP contribution < -0.4 is 14.5 Å². The summed E-state index contributed by atoms with van der Waals surface area (Å²) in [6.07, 6.45) is 2.57. The third-order valence-corrected chi connectivity index (χ3v) is 5.49. The zero-order valence-electron chi connectivity index (χ0n) is 19.1. The van der Waals surface area contributed by atoms with Crippen molar-refractivity contribution < 1.29 is 14.3 Å². The third kappa shape index (κ3) is 6.26. The predicted octanol–water partition coefficient (Wildman–Crippen LogP) is 2.84. The summed E-state index contributed by atoms with van der Waals surface area (Å²) in [5.41, 5.74) is 3.53. The Morgan fingerprint density at radius 2 is 1.94 bits per heavy atom. The number of hydrogen-bond donors (Lipinski definition) is 0. The molecule has 8 heteroatoms. The monoisotopic (exact) mass is 447 g/mol. The van der Waals surface area contributed by atoms with E-state index in [0.717, 1.165) is 35.9 Å². The lowest BCUT2D eigenvalue weighted by molar-refractivity contribution is -0.117. The van der Waals surface area contributed by atoms with E-state index >= 15 is 0 Å². The molecule has 33 heavy (non-hydrogen) atoms. The molecule has 3 heterocycles. The molecule has 0 bridgehead atoms. The van der Waals surface area contributed by atoms with E-state index in [9.17, 15) is 4.79 Å². The number of pyridine rings is 1. The SMILES string of the molecule is Cc1cccc(N(C)C(=O)Cc2cc(N3CCOCC3)nc(OCCc3ccccn3)n2)c1. The minimum Gasteiger partial charge on any atom is -0.463 e. The first-order valence-electron chi connectivity index (χ1n) is 11.1. The molecule has 1 saturated heterocycles. The summed E-state index contributed by atoms with van der Waals surface area (Å²) in [7, 11) is 1.78. The second kappa shape index (κ2) is 10.9. The van der Waals surface area contributed by atoms with Crippen LogP contribution >= 0.6 is 0 Å². The van der Waals surface area contributed by atoms with Crippen LogP contribution in [0.2, 0.25) is 0 Å². The van der Waals surface area contributed by atoms with Gasteiger partial charge in [0.15, 0.2) is 0 Å². The van der Waals surface area contributed by atoms with E-state index in [1.54, 1.807) is 18.1 Å². The number of benzene rings is 1. The second-order valence-electron chi connectivity index (χ2n) is 7.99. The molecule has 0 saturated carbocycles. The number of ether oxygens (including phenoxy) is 2. The number of nitrogens with zero attached hydrogens (tertiary/aromatic N) is 5. The van der Waals surface area contributed by atoms with Crippen molar-refractivity contribution in [3.05, 3.63) is 71.7 Å². The Bertz CT molecular complexity index is 1070. The number of anilines is 2. The quantitative estimate of drug-likeness (QED) is 0.525. The zero-order chi connectivity index (χ0) is 23.0. The van der Waals surface area contributed by atoms with Crippen molar-refractivity contribution in [3.8, 4) is 6.01 Å². The number of hydrogen-bond acceptors (Lipinski definition) is 7. The Hall–Kier alpha value is -3.52. The number of likely N-dealkylation sites (N-methyl/N-ethyl adjacent to an activating group) is 1. The van der Waals surface area contributed by atoms with Gasteiger partial charge in [-0.15, -0.1) is 0 Å². The molecule has 0 atom stereocenters. The molecule has 0 radical (unpaired) electrons. The minimum absolute atomic E-state index is 0.0494. The predicted molar refractivity (Wildman–Crippen MR) is 127 cm³/mol. The normalized spacial score (nSPS) is 13.6. The zero-order valence-corrected chi connectivity index (χ0v) is 19.1. The van der Waals surface area contributed by atoms with Gasteiger partial charge in [-0.2, -0.15) is 9.97 Å². The Kier molecular flexibility index (Phi) is 7.47. The van der Waals surface area contributed by atoms with E-state index in [1.807, 2.05) is 55.5 Å². The number of amides is 1. The summed E-state index contributed by atoms with van der Waals surface area (Å²) in [6.45, 7) is 5.17. The van der Waals surface area contributed by atoms with Gasteiger partial charge in [-0.3, -0.25) is 9.78 Å². The average Bonchev–Trinajstić information content (AvgIpc) is 2.84. The second-order valence-corrected chi connectivity index (χ2v) is 7.99. The van der Waals surface area contributed by atoms with Gasteiger partial charge < -0.3 is 19.3 Å². The lowest BCUT2D eigenvalue weighted by atomic mass is 10.2. The van der Waals surface area contributed by atoms with Crippen molar-refractivity contribution in [3.63, 3.8) is 0 Å². The first kappa shape index (κ1) is 22.7. The number of aryl methyl sites for hydroxylation is 1. The number of aromatic nitrogens is 3. The molecule has 172 valence electrons.